The zero-order valence-electron chi connectivity index (χ0n) is 11.1. The van der Waals surface area contributed by atoms with Gasteiger partial charge in [0, 0.05) is 0 Å². The first-order valence-electron chi connectivity index (χ1n) is 6.60. The first-order chi connectivity index (χ1) is 8.70. The molecule has 0 aliphatic carbocycles. The molecule has 0 aromatic heterocycles. The third kappa shape index (κ3) is 2.34. The Balaban J connectivity index is 2.31. The van der Waals surface area contributed by atoms with Crippen molar-refractivity contribution in [1.82, 2.24) is 4.90 Å². The molecule has 1 aromatic carbocycles. The second-order valence-electron chi connectivity index (χ2n) is 4.84. The third-order valence-corrected chi connectivity index (χ3v) is 3.66. The lowest BCUT2D eigenvalue weighted by Gasteiger charge is -2.33. The van der Waals surface area contributed by atoms with Gasteiger partial charge in [0.2, 0.25) is 0 Å². The molecule has 1 aliphatic heterocycles. The van der Waals surface area contributed by atoms with Gasteiger partial charge in [-0.15, -0.1) is 0 Å². The van der Waals surface area contributed by atoms with Gasteiger partial charge in [0.1, 0.15) is 11.3 Å². The first-order valence-corrected chi connectivity index (χ1v) is 6.60. The minimum Gasteiger partial charge on any atom is -0.494 e. The van der Waals surface area contributed by atoms with E-state index in [9.17, 15) is 5.26 Å². The molecule has 3 nitrogen and oxygen atoms in total. The smallest absolute Gasteiger partial charge is 0.132 e. The molecule has 96 valence electrons. The van der Waals surface area contributed by atoms with Crippen LogP contribution in [0.3, 0.4) is 0 Å². The molecule has 2 rings (SSSR count). The van der Waals surface area contributed by atoms with Crippen LogP contribution in [0.4, 0.5) is 0 Å². The van der Waals surface area contributed by atoms with Crippen molar-refractivity contribution in [2.24, 2.45) is 0 Å². The summed E-state index contributed by atoms with van der Waals surface area (Å²) in [6, 6.07) is 10.4. The molecule has 0 radical (unpaired) electrons. The van der Waals surface area contributed by atoms with Crippen molar-refractivity contribution in [3.05, 3.63) is 29.8 Å². The summed E-state index contributed by atoms with van der Waals surface area (Å²) in [4.78, 5) is 2.26. The average molecular weight is 244 g/mol. The summed E-state index contributed by atoms with van der Waals surface area (Å²) < 4.78 is 5.52. The van der Waals surface area contributed by atoms with Gasteiger partial charge in [-0.25, -0.2) is 0 Å². The Labute approximate surface area is 109 Å². The van der Waals surface area contributed by atoms with Gasteiger partial charge in [0.05, 0.1) is 12.7 Å². The third-order valence-electron chi connectivity index (χ3n) is 3.66. The Bertz CT molecular complexity index is 446. The first kappa shape index (κ1) is 12.9. The minimum absolute atomic E-state index is 0.538. The van der Waals surface area contributed by atoms with Gasteiger partial charge in [-0.05, 0) is 57.5 Å². The van der Waals surface area contributed by atoms with E-state index in [-0.39, 0.29) is 0 Å². The summed E-state index contributed by atoms with van der Waals surface area (Å²) in [5, 5.41) is 9.59. The standard InChI is InChI=1S/C15H20N2O/c1-3-18-14-8-6-7-13(11-14)15(2,12-16)17-9-4-5-10-17/h6-8,11H,3-5,9-10H2,1-2H3. The van der Waals surface area contributed by atoms with E-state index >= 15 is 0 Å². The van der Waals surface area contributed by atoms with Crippen LogP contribution in [0.2, 0.25) is 0 Å². The van der Waals surface area contributed by atoms with Crippen molar-refractivity contribution < 1.29 is 4.74 Å². The van der Waals surface area contributed by atoms with E-state index in [0.29, 0.717) is 6.61 Å². The van der Waals surface area contributed by atoms with E-state index in [0.717, 1.165) is 24.4 Å². The highest BCUT2D eigenvalue weighted by Gasteiger charge is 2.35. The van der Waals surface area contributed by atoms with Crippen molar-refractivity contribution >= 4 is 0 Å². The van der Waals surface area contributed by atoms with Crippen molar-refractivity contribution in [2.45, 2.75) is 32.2 Å². The summed E-state index contributed by atoms with van der Waals surface area (Å²) >= 11 is 0. The number of hydrogen-bond donors (Lipinski definition) is 0. The molecule has 1 atom stereocenters. The molecule has 0 spiro atoms. The second-order valence-corrected chi connectivity index (χ2v) is 4.84. The Hall–Kier alpha value is -1.53. The number of nitrogens with zero attached hydrogens (tertiary/aromatic N) is 2. The van der Waals surface area contributed by atoms with E-state index in [1.54, 1.807) is 0 Å². The van der Waals surface area contributed by atoms with Gasteiger partial charge >= 0.3 is 0 Å². The van der Waals surface area contributed by atoms with E-state index in [1.165, 1.54) is 12.8 Å². The van der Waals surface area contributed by atoms with Crippen LogP contribution in [0.15, 0.2) is 24.3 Å². The van der Waals surface area contributed by atoms with Crippen LogP contribution < -0.4 is 4.74 Å². The molecule has 0 N–H and O–H groups in total. The SMILES string of the molecule is CCOc1cccc(C(C)(C#N)N2CCCC2)c1. The Kier molecular flexibility index (Phi) is 3.88. The fourth-order valence-corrected chi connectivity index (χ4v) is 2.54. The Morgan fingerprint density at radius 3 is 2.72 bits per heavy atom. The zero-order chi connectivity index (χ0) is 13.0. The maximum absolute atomic E-state index is 9.59. The summed E-state index contributed by atoms with van der Waals surface area (Å²) in [6.45, 7) is 6.63. The van der Waals surface area contributed by atoms with Crippen molar-refractivity contribution in [3.63, 3.8) is 0 Å². The highest BCUT2D eigenvalue weighted by atomic mass is 16.5. The molecule has 0 saturated carbocycles. The second kappa shape index (κ2) is 5.41. The Morgan fingerprint density at radius 1 is 1.39 bits per heavy atom. The highest BCUT2D eigenvalue weighted by molar-refractivity contribution is 5.37. The van der Waals surface area contributed by atoms with E-state index in [2.05, 4.69) is 11.0 Å². The molecule has 1 aromatic rings. The average Bonchev–Trinajstić information content (AvgIpc) is 2.93. The fourth-order valence-electron chi connectivity index (χ4n) is 2.54. The molecule has 18 heavy (non-hydrogen) atoms. The monoisotopic (exact) mass is 244 g/mol. The summed E-state index contributed by atoms with van der Waals surface area (Å²) in [5.41, 5.74) is 0.488. The number of ether oxygens (including phenoxy) is 1. The van der Waals surface area contributed by atoms with Gasteiger partial charge in [0.25, 0.3) is 0 Å². The van der Waals surface area contributed by atoms with E-state index in [1.807, 2.05) is 38.1 Å². The largest absolute Gasteiger partial charge is 0.494 e. The maximum atomic E-state index is 9.59. The normalized spacial score (nSPS) is 19.2. The van der Waals surface area contributed by atoms with E-state index in [4.69, 9.17) is 4.74 Å². The molecule has 3 heteroatoms. The van der Waals surface area contributed by atoms with Crippen molar-refractivity contribution in [3.8, 4) is 11.8 Å². The molecule has 1 aliphatic rings. The summed E-state index contributed by atoms with van der Waals surface area (Å²) in [7, 11) is 0. The molecular formula is C15H20N2O. The van der Waals surface area contributed by atoms with Gasteiger partial charge in [-0.2, -0.15) is 5.26 Å². The quantitative estimate of drug-likeness (QED) is 0.817. The van der Waals surface area contributed by atoms with Crippen molar-refractivity contribution in [1.29, 1.82) is 5.26 Å². The lowest BCUT2D eigenvalue weighted by Crippen LogP contribution is -2.40. The highest BCUT2D eigenvalue weighted by Crippen LogP contribution is 2.32. The number of likely N-dealkylation sites (tertiary alicyclic amines) is 1. The maximum Gasteiger partial charge on any atom is 0.132 e. The predicted octanol–water partition coefficient (Wildman–Crippen LogP) is 2.92. The number of rotatable bonds is 4. The molecule has 1 unspecified atom stereocenters. The minimum atomic E-state index is -0.538. The van der Waals surface area contributed by atoms with Gasteiger partial charge < -0.3 is 4.74 Å². The summed E-state index contributed by atoms with van der Waals surface area (Å²) in [6.07, 6.45) is 2.37. The van der Waals surface area contributed by atoms with Crippen LogP contribution in [-0.4, -0.2) is 24.6 Å². The van der Waals surface area contributed by atoms with Crippen LogP contribution >= 0.6 is 0 Å². The van der Waals surface area contributed by atoms with Gasteiger partial charge in [-0.3, -0.25) is 4.90 Å². The van der Waals surface area contributed by atoms with Crippen molar-refractivity contribution in [2.75, 3.05) is 19.7 Å². The van der Waals surface area contributed by atoms with Crippen LogP contribution in [-0.2, 0) is 5.54 Å². The molecule has 0 amide bonds. The molecule has 1 fully saturated rings. The Morgan fingerprint density at radius 2 is 2.11 bits per heavy atom. The molecule has 1 heterocycles. The van der Waals surface area contributed by atoms with Crippen LogP contribution in [0.1, 0.15) is 32.3 Å². The van der Waals surface area contributed by atoms with E-state index < -0.39 is 5.54 Å². The number of hydrogen-bond acceptors (Lipinski definition) is 3. The predicted molar refractivity (Wildman–Crippen MR) is 71.4 cm³/mol. The topological polar surface area (TPSA) is 36.3 Å². The molecule has 1 saturated heterocycles. The summed E-state index contributed by atoms with van der Waals surface area (Å²) in [5.74, 6) is 0.843. The van der Waals surface area contributed by atoms with Gasteiger partial charge in [-0.1, -0.05) is 12.1 Å². The molecular weight excluding hydrogens is 224 g/mol. The van der Waals surface area contributed by atoms with Crippen LogP contribution in [0.5, 0.6) is 5.75 Å². The lowest BCUT2D eigenvalue weighted by atomic mass is 9.91. The molecule has 0 bridgehead atoms. The number of nitriles is 1. The van der Waals surface area contributed by atoms with Gasteiger partial charge in [0.15, 0.2) is 0 Å². The zero-order valence-corrected chi connectivity index (χ0v) is 11.1. The van der Waals surface area contributed by atoms with Crippen LogP contribution in [0, 0.1) is 11.3 Å². The lowest BCUT2D eigenvalue weighted by molar-refractivity contribution is 0.193. The fraction of sp³-hybridized carbons (Fsp3) is 0.533. The number of benzene rings is 1. The van der Waals surface area contributed by atoms with Crippen LogP contribution in [0.25, 0.3) is 0 Å².